The predicted molar refractivity (Wildman–Crippen MR) is 75.9 cm³/mol. The molecule has 3 rings (SSSR count). The average Bonchev–Trinajstić information content (AvgIpc) is 3.23. The summed E-state index contributed by atoms with van der Waals surface area (Å²) in [5.41, 5.74) is 4.31. The summed E-state index contributed by atoms with van der Waals surface area (Å²) in [7, 11) is 0. The summed E-state index contributed by atoms with van der Waals surface area (Å²) in [6.45, 7) is 2.30. The van der Waals surface area contributed by atoms with Crippen molar-refractivity contribution in [3.8, 4) is 0 Å². The van der Waals surface area contributed by atoms with Crippen molar-refractivity contribution < 1.29 is 0 Å². The number of hydrazine groups is 1. The molecule has 1 fully saturated rings. The van der Waals surface area contributed by atoms with Crippen molar-refractivity contribution in [2.45, 2.75) is 25.8 Å². The summed E-state index contributed by atoms with van der Waals surface area (Å²) >= 11 is 0. The summed E-state index contributed by atoms with van der Waals surface area (Å²) in [5.74, 6) is 7.22. The molecule has 0 aliphatic heterocycles. The third kappa shape index (κ3) is 2.14. The van der Waals surface area contributed by atoms with Gasteiger partial charge in [0.1, 0.15) is 0 Å². The molecule has 0 heterocycles. The topological polar surface area (TPSA) is 38.0 Å². The van der Waals surface area contributed by atoms with E-state index in [1.54, 1.807) is 0 Å². The number of hydrogen-bond acceptors (Lipinski definition) is 2. The second-order valence-corrected chi connectivity index (χ2v) is 5.45. The molecule has 1 aliphatic carbocycles. The van der Waals surface area contributed by atoms with Crippen molar-refractivity contribution in [2.75, 3.05) is 0 Å². The van der Waals surface area contributed by atoms with E-state index in [0.29, 0.717) is 5.92 Å². The van der Waals surface area contributed by atoms with Crippen LogP contribution in [0.2, 0.25) is 0 Å². The van der Waals surface area contributed by atoms with Crippen LogP contribution in [-0.2, 0) is 0 Å². The number of rotatable bonds is 4. The number of nitrogens with one attached hydrogen (secondary N) is 1. The van der Waals surface area contributed by atoms with Crippen LogP contribution in [0.1, 0.15) is 31.4 Å². The summed E-state index contributed by atoms with van der Waals surface area (Å²) in [6, 6.07) is 15.4. The maximum absolute atomic E-state index is 5.77. The average molecular weight is 240 g/mol. The molecule has 2 aromatic carbocycles. The van der Waals surface area contributed by atoms with Gasteiger partial charge in [-0.2, -0.15) is 0 Å². The highest BCUT2D eigenvalue weighted by Crippen LogP contribution is 2.42. The van der Waals surface area contributed by atoms with E-state index in [2.05, 4.69) is 54.8 Å². The Balaban J connectivity index is 1.95. The lowest BCUT2D eigenvalue weighted by molar-refractivity contribution is 0.354. The van der Waals surface area contributed by atoms with Crippen LogP contribution in [-0.4, -0.2) is 0 Å². The van der Waals surface area contributed by atoms with Crippen LogP contribution in [0.15, 0.2) is 42.5 Å². The highest BCUT2D eigenvalue weighted by Gasteiger charge is 2.33. The van der Waals surface area contributed by atoms with Gasteiger partial charge in [-0.3, -0.25) is 11.3 Å². The molecule has 1 aliphatic rings. The second-order valence-electron chi connectivity index (χ2n) is 5.45. The summed E-state index contributed by atoms with van der Waals surface area (Å²) in [6.07, 6.45) is 2.71. The Kier molecular flexibility index (Phi) is 3.06. The molecule has 2 atom stereocenters. The monoisotopic (exact) mass is 240 g/mol. The van der Waals surface area contributed by atoms with Crippen LogP contribution in [0.4, 0.5) is 0 Å². The van der Waals surface area contributed by atoms with Gasteiger partial charge in [0.2, 0.25) is 0 Å². The Hall–Kier alpha value is -1.38. The molecule has 0 aromatic heterocycles. The fraction of sp³-hybridized carbons (Fsp3) is 0.375. The van der Waals surface area contributed by atoms with Crippen molar-refractivity contribution in [3.05, 3.63) is 48.0 Å². The maximum Gasteiger partial charge on any atom is 0.0488 e. The van der Waals surface area contributed by atoms with E-state index >= 15 is 0 Å². The van der Waals surface area contributed by atoms with Crippen molar-refractivity contribution in [1.82, 2.24) is 5.43 Å². The Morgan fingerprint density at radius 3 is 2.50 bits per heavy atom. The fourth-order valence-electron chi connectivity index (χ4n) is 2.85. The van der Waals surface area contributed by atoms with E-state index in [-0.39, 0.29) is 6.04 Å². The SMILES string of the molecule is CC(C1CC1)C(NN)c1ccc2ccccc2c1. The molecular weight excluding hydrogens is 220 g/mol. The van der Waals surface area contributed by atoms with Gasteiger partial charge < -0.3 is 0 Å². The van der Waals surface area contributed by atoms with Gasteiger partial charge in [0.05, 0.1) is 0 Å². The molecule has 2 unspecified atom stereocenters. The quantitative estimate of drug-likeness (QED) is 0.635. The normalized spacial score (nSPS) is 18.8. The Bertz CT molecular complexity index is 546. The smallest absolute Gasteiger partial charge is 0.0488 e. The van der Waals surface area contributed by atoms with Crippen LogP contribution in [0.5, 0.6) is 0 Å². The Labute approximate surface area is 108 Å². The molecule has 0 radical (unpaired) electrons. The zero-order chi connectivity index (χ0) is 12.5. The van der Waals surface area contributed by atoms with Gasteiger partial charge >= 0.3 is 0 Å². The fourth-order valence-corrected chi connectivity index (χ4v) is 2.85. The first-order valence-corrected chi connectivity index (χ1v) is 6.74. The standard InChI is InChI=1S/C16H20N2/c1-11(12-6-7-12)16(18-17)15-9-8-13-4-2-3-5-14(13)10-15/h2-5,8-12,16,18H,6-7,17H2,1H3. The minimum Gasteiger partial charge on any atom is -0.271 e. The molecule has 0 spiro atoms. The number of hydrogen-bond donors (Lipinski definition) is 2. The molecule has 3 N–H and O–H groups in total. The number of benzene rings is 2. The lowest BCUT2D eigenvalue weighted by atomic mass is 9.90. The van der Waals surface area contributed by atoms with Crippen LogP contribution in [0, 0.1) is 11.8 Å². The zero-order valence-electron chi connectivity index (χ0n) is 10.8. The van der Waals surface area contributed by atoms with Crippen molar-refractivity contribution >= 4 is 10.8 Å². The van der Waals surface area contributed by atoms with Gasteiger partial charge in [0.25, 0.3) is 0 Å². The molecule has 2 aromatic rings. The van der Waals surface area contributed by atoms with E-state index in [1.807, 2.05) is 0 Å². The molecule has 94 valence electrons. The van der Waals surface area contributed by atoms with Gasteiger partial charge in [0, 0.05) is 6.04 Å². The first-order chi connectivity index (χ1) is 8.79. The third-order valence-corrected chi connectivity index (χ3v) is 4.20. The largest absolute Gasteiger partial charge is 0.271 e. The molecule has 18 heavy (non-hydrogen) atoms. The summed E-state index contributed by atoms with van der Waals surface area (Å²) in [4.78, 5) is 0. The minimum atomic E-state index is 0.266. The van der Waals surface area contributed by atoms with Gasteiger partial charge in [-0.1, -0.05) is 43.3 Å². The minimum absolute atomic E-state index is 0.266. The van der Waals surface area contributed by atoms with E-state index in [0.717, 1.165) is 5.92 Å². The van der Waals surface area contributed by atoms with Gasteiger partial charge in [-0.25, -0.2) is 0 Å². The van der Waals surface area contributed by atoms with E-state index in [9.17, 15) is 0 Å². The second kappa shape index (κ2) is 4.71. The molecule has 0 amide bonds. The molecular formula is C16H20N2. The van der Waals surface area contributed by atoms with E-state index in [4.69, 9.17) is 5.84 Å². The van der Waals surface area contributed by atoms with Crippen molar-refractivity contribution in [1.29, 1.82) is 0 Å². The van der Waals surface area contributed by atoms with Gasteiger partial charge in [-0.05, 0) is 47.1 Å². The Morgan fingerprint density at radius 1 is 1.11 bits per heavy atom. The third-order valence-electron chi connectivity index (χ3n) is 4.20. The number of fused-ring (bicyclic) bond motifs is 1. The van der Waals surface area contributed by atoms with Gasteiger partial charge in [0.15, 0.2) is 0 Å². The predicted octanol–water partition coefficient (Wildman–Crippen LogP) is 3.39. The maximum atomic E-state index is 5.77. The molecule has 0 bridgehead atoms. The molecule has 2 heteroatoms. The summed E-state index contributed by atoms with van der Waals surface area (Å²) in [5, 5.41) is 2.58. The van der Waals surface area contributed by atoms with Crippen LogP contribution in [0.3, 0.4) is 0 Å². The van der Waals surface area contributed by atoms with Crippen molar-refractivity contribution in [3.63, 3.8) is 0 Å². The van der Waals surface area contributed by atoms with Crippen LogP contribution >= 0.6 is 0 Å². The zero-order valence-corrected chi connectivity index (χ0v) is 10.8. The first-order valence-electron chi connectivity index (χ1n) is 6.74. The van der Waals surface area contributed by atoms with Gasteiger partial charge in [-0.15, -0.1) is 0 Å². The van der Waals surface area contributed by atoms with Crippen LogP contribution < -0.4 is 11.3 Å². The highest BCUT2D eigenvalue weighted by molar-refractivity contribution is 5.83. The lowest BCUT2D eigenvalue weighted by Gasteiger charge is -2.24. The van der Waals surface area contributed by atoms with E-state index in [1.165, 1.54) is 29.2 Å². The van der Waals surface area contributed by atoms with Crippen molar-refractivity contribution in [2.24, 2.45) is 17.7 Å². The summed E-state index contributed by atoms with van der Waals surface area (Å²) < 4.78 is 0. The Morgan fingerprint density at radius 2 is 1.83 bits per heavy atom. The first kappa shape index (κ1) is 11.7. The number of nitrogens with two attached hydrogens (primary N) is 1. The van der Waals surface area contributed by atoms with E-state index < -0.39 is 0 Å². The lowest BCUT2D eigenvalue weighted by Crippen LogP contribution is -2.33. The highest BCUT2D eigenvalue weighted by atomic mass is 15.2. The molecule has 0 saturated heterocycles. The molecule has 2 nitrogen and oxygen atoms in total. The molecule has 1 saturated carbocycles. The van der Waals surface area contributed by atoms with Crippen LogP contribution in [0.25, 0.3) is 10.8 Å².